The van der Waals surface area contributed by atoms with Crippen molar-refractivity contribution >= 4 is 0 Å². The first-order chi connectivity index (χ1) is 10.2. The maximum atomic E-state index is 5.56. The Morgan fingerprint density at radius 1 is 1.10 bits per heavy atom. The molecule has 0 spiro atoms. The summed E-state index contributed by atoms with van der Waals surface area (Å²) in [6, 6.07) is 9.18. The average molecular weight is 289 g/mol. The smallest absolute Gasteiger partial charge is 0.119 e. The van der Waals surface area contributed by atoms with Crippen molar-refractivity contribution in [3.8, 4) is 5.75 Å². The van der Waals surface area contributed by atoms with Gasteiger partial charge in [-0.25, -0.2) is 0 Å². The Balaban J connectivity index is 2.10. The van der Waals surface area contributed by atoms with E-state index in [1.54, 1.807) is 0 Å². The van der Waals surface area contributed by atoms with Gasteiger partial charge in [0.1, 0.15) is 5.75 Å². The molecule has 0 aliphatic heterocycles. The molecule has 0 bridgehead atoms. The topological polar surface area (TPSA) is 21.3 Å². The second kappa shape index (κ2) is 7.84. The second-order valence-electron chi connectivity index (χ2n) is 6.57. The third-order valence-electron chi connectivity index (χ3n) is 5.08. The summed E-state index contributed by atoms with van der Waals surface area (Å²) in [7, 11) is 0. The van der Waals surface area contributed by atoms with Crippen LogP contribution >= 0.6 is 0 Å². The molecule has 1 saturated carbocycles. The fraction of sp³-hybridized carbons (Fsp3) is 0.684. The van der Waals surface area contributed by atoms with Gasteiger partial charge in [0.05, 0.1) is 6.61 Å². The minimum absolute atomic E-state index is 0.487. The molecule has 1 aliphatic carbocycles. The summed E-state index contributed by atoms with van der Waals surface area (Å²) in [5, 5.41) is 3.71. The van der Waals surface area contributed by atoms with Gasteiger partial charge in [0, 0.05) is 6.04 Å². The molecule has 1 fully saturated rings. The van der Waals surface area contributed by atoms with Crippen LogP contribution in [-0.2, 0) is 0 Å². The van der Waals surface area contributed by atoms with E-state index in [1.165, 1.54) is 24.8 Å². The number of benzene rings is 1. The van der Waals surface area contributed by atoms with E-state index in [0.717, 1.165) is 36.7 Å². The van der Waals surface area contributed by atoms with Crippen LogP contribution < -0.4 is 10.1 Å². The van der Waals surface area contributed by atoms with Crippen molar-refractivity contribution in [3.05, 3.63) is 29.8 Å². The van der Waals surface area contributed by atoms with E-state index in [1.807, 2.05) is 6.92 Å². The fourth-order valence-corrected chi connectivity index (χ4v) is 3.61. The minimum Gasteiger partial charge on any atom is -0.494 e. The summed E-state index contributed by atoms with van der Waals surface area (Å²) in [6.07, 6.45) is 4.05. The lowest BCUT2D eigenvalue weighted by atomic mass is 9.72. The zero-order valence-electron chi connectivity index (χ0n) is 14.1. The summed E-state index contributed by atoms with van der Waals surface area (Å²) in [6.45, 7) is 10.8. The van der Waals surface area contributed by atoms with Crippen molar-refractivity contribution in [2.24, 2.45) is 17.8 Å². The maximum Gasteiger partial charge on any atom is 0.119 e. The van der Waals surface area contributed by atoms with Gasteiger partial charge in [-0.3, -0.25) is 0 Å². The molecule has 1 aromatic carbocycles. The molecule has 0 aromatic heterocycles. The van der Waals surface area contributed by atoms with Gasteiger partial charge in [0.2, 0.25) is 0 Å². The van der Waals surface area contributed by atoms with E-state index in [-0.39, 0.29) is 0 Å². The molecule has 118 valence electrons. The molecule has 2 heteroatoms. The Bertz CT molecular complexity index is 414. The van der Waals surface area contributed by atoms with Gasteiger partial charge in [-0.2, -0.15) is 0 Å². The Kier molecular flexibility index (Phi) is 6.10. The molecular weight excluding hydrogens is 258 g/mol. The van der Waals surface area contributed by atoms with Gasteiger partial charge in [-0.1, -0.05) is 39.3 Å². The quantitative estimate of drug-likeness (QED) is 0.811. The van der Waals surface area contributed by atoms with Crippen molar-refractivity contribution in [1.82, 2.24) is 5.32 Å². The Labute approximate surface area is 130 Å². The van der Waals surface area contributed by atoms with Crippen molar-refractivity contribution in [1.29, 1.82) is 0 Å². The summed E-state index contributed by atoms with van der Waals surface area (Å²) < 4.78 is 5.56. The van der Waals surface area contributed by atoms with Gasteiger partial charge < -0.3 is 10.1 Å². The van der Waals surface area contributed by atoms with Crippen LogP contribution in [0.15, 0.2) is 24.3 Å². The first kappa shape index (κ1) is 16.4. The maximum absolute atomic E-state index is 5.56. The second-order valence-corrected chi connectivity index (χ2v) is 6.57. The summed E-state index contributed by atoms with van der Waals surface area (Å²) in [5.74, 6) is 3.45. The highest BCUT2D eigenvalue weighted by Crippen LogP contribution is 2.40. The molecule has 0 radical (unpaired) electrons. The van der Waals surface area contributed by atoms with Gasteiger partial charge in [-0.15, -0.1) is 0 Å². The summed E-state index contributed by atoms with van der Waals surface area (Å²) in [5.41, 5.74) is 1.41. The van der Waals surface area contributed by atoms with E-state index in [2.05, 4.69) is 50.4 Å². The summed E-state index contributed by atoms with van der Waals surface area (Å²) >= 11 is 0. The molecule has 1 aliphatic rings. The van der Waals surface area contributed by atoms with Crippen LogP contribution in [0.5, 0.6) is 5.75 Å². The van der Waals surface area contributed by atoms with Gasteiger partial charge in [0.25, 0.3) is 0 Å². The zero-order valence-corrected chi connectivity index (χ0v) is 14.1. The molecule has 21 heavy (non-hydrogen) atoms. The van der Waals surface area contributed by atoms with E-state index < -0.39 is 0 Å². The first-order valence-corrected chi connectivity index (χ1v) is 8.61. The number of ether oxygens (including phenoxy) is 1. The minimum atomic E-state index is 0.487. The van der Waals surface area contributed by atoms with Crippen LogP contribution in [0, 0.1) is 17.8 Å². The molecular formula is C19H31NO. The van der Waals surface area contributed by atoms with E-state index >= 15 is 0 Å². The number of hydrogen-bond acceptors (Lipinski definition) is 2. The Hall–Kier alpha value is -1.02. The summed E-state index contributed by atoms with van der Waals surface area (Å²) in [4.78, 5) is 0. The third kappa shape index (κ3) is 4.23. The lowest BCUT2D eigenvalue weighted by molar-refractivity contribution is 0.172. The monoisotopic (exact) mass is 289 g/mol. The molecule has 4 atom stereocenters. The van der Waals surface area contributed by atoms with Crippen molar-refractivity contribution in [3.63, 3.8) is 0 Å². The van der Waals surface area contributed by atoms with Crippen molar-refractivity contribution in [2.45, 2.75) is 53.0 Å². The van der Waals surface area contributed by atoms with Crippen LogP contribution in [0.2, 0.25) is 0 Å². The molecule has 2 nitrogen and oxygen atoms in total. The highest BCUT2D eigenvalue weighted by atomic mass is 16.5. The molecule has 0 amide bonds. The van der Waals surface area contributed by atoms with Gasteiger partial charge >= 0.3 is 0 Å². The predicted molar refractivity (Wildman–Crippen MR) is 89.7 cm³/mol. The lowest BCUT2D eigenvalue weighted by Gasteiger charge is -2.37. The van der Waals surface area contributed by atoms with Crippen LogP contribution in [-0.4, -0.2) is 13.2 Å². The molecule has 4 unspecified atom stereocenters. The standard InChI is InChI=1S/C19H31NO/c1-5-20-19(17-8-7-14(3)15(4)13-17)16-9-11-18(12-10-16)21-6-2/h9-12,14-15,17,19-20H,5-8,13H2,1-4H3. The van der Waals surface area contributed by atoms with Crippen molar-refractivity contribution < 1.29 is 4.74 Å². The molecule has 0 saturated heterocycles. The Morgan fingerprint density at radius 3 is 2.38 bits per heavy atom. The number of hydrogen-bond donors (Lipinski definition) is 1. The number of rotatable bonds is 6. The molecule has 1 aromatic rings. The first-order valence-electron chi connectivity index (χ1n) is 8.61. The zero-order chi connectivity index (χ0) is 15.2. The Morgan fingerprint density at radius 2 is 1.81 bits per heavy atom. The highest BCUT2D eigenvalue weighted by Gasteiger charge is 2.30. The average Bonchev–Trinajstić information content (AvgIpc) is 2.49. The largest absolute Gasteiger partial charge is 0.494 e. The number of nitrogens with one attached hydrogen (secondary N) is 1. The normalized spacial score (nSPS) is 27.3. The van der Waals surface area contributed by atoms with Crippen LogP contribution in [0.4, 0.5) is 0 Å². The van der Waals surface area contributed by atoms with Crippen molar-refractivity contribution in [2.75, 3.05) is 13.2 Å². The predicted octanol–water partition coefficient (Wildman–Crippen LogP) is 4.81. The van der Waals surface area contributed by atoms with E-state index in [9.17, 15) is 0 Å². The third-order valence-corrected chi connectivity index (χ3v) is 5.08. The molecule has 2 rings (SSSR count). The van der Waals surface area contributed by atoms with E-state index in [0.29, 0.717) is 6.04 Å². The lowest BCUT2D eigenvalue weighted by Crippen LogP contribution is -2.33. The van der Waals surface area contributed by atoms with Crippen LogP contribution in [0.3, 0.4) is 0 Å². The van der Waals surface area contributed by atoms with Crippen LogP contribution in [0.1, 0.15) is 58.6 Å². The molecule has 0 heterocycles. The SMILES string of the molecule is CCNC(c1ccc(OCC)cc1)C1CCC(C)C(C)C1. The highest BCUT2D eigenvalue weighted by molar-refractivity contribution is 5.29. The van der Waals surface area contributed by atoms with Crippen LogP contribution in [0.25, 0.3) is 0 Å². The van der Waals surface area contributed by atoms with Gasteiger partial charge in [0.15, 0.2) is 0 Å². The molecule has 1 N–H and O–H groups in total. The van der Waals surface area contributed by atoms with E-state index in [4.69, 9.17) is 4.74 Å². The van der Waals surface area contributed by atoms with Gasteiger partial charge in [-0.05, 0) is 61.8 Å². The fourth-order valence-electron chi connectivity index (χ4n) is 3.61.